The van der Waals surface area contributed by atoms with Crippen LogP contribution in [0.4, 0.5) is 15.0 Å². The Morgan fingerprint density at radius 1 is 0.929 bits per heavy atom. The van der Waals surface area contributed by atoms with Gasteiger partial charge in [-0.3, -0.25) is 15.4 Å². The molecule has 5 nitrogen and oxygen atoms in total. The van der Waals surface area contributed by atoms with Gasteiger partial charge in [0.25, 0.3) is 5.91 Å². The third-order valence-corrected chi connectivity index (χ3v) is 4.52. The zero-order valence-electron chi connectivity index (χ0n) is 14.0. The lowest BCUT2D eigenvalue weighted by molar-refractivity contribution is 0.0963. The molecule has 0 unspecified atom stereocenters. The number of carbonyl (C=O) groups excluding carboxylic acids is 2. The quantitative estimate of drug-likeness (QED) is 0.507. The summed E-state index contributed by atoms with van der Waals surface area (Å²) >= 11 is 17.8. The monoisotopic (exact) mass is 437 g/mol. The van der Waals surface area contributed by atoms with E-state index in [9.17, 15) is 14.0 Å². The Kier molecular flexibility index (Phi) is 6.14. The molecule has 28 heavy (non-hydrogen) atoms. The summed E-state index contributed by atoms with van der Waals surface area (Å²) in [5, 5.41) is 4.96. The third-order valence-electron chi connectivity index (χ3n) is 3.66. The second-order valence-electron chi connectivity index (χ2n) is 5.55. The number of rotatable bonds is 3. The summed E-state index contributed by atoms with van der Waals surface area (Å²) in [4.78, 5) is 28.2. The molecule has 1 heterocycles. The summed E-state index contributed by atoms with van der Waals surface area (Å²) in [5.41, 5.74) is 1.00. The van der Waals surface area contributed by atoms with E-state index < -0.39 is 23.3 Å². The Hall–Kier alpha value is -2.67. The maximum absolute atomic E-state index is 13.7. The van der Waals surface area contributed by atoms with E-state index in [0.717, 1.165) is 11.6 Å². The van der Waals surface area contributed by atoms with Crippen molar-refractivity contribution in [2.75, 3.05) is 5.32 Å². The van der Waals surface area contributed by atoms with E-state index in [0.29, 0.717) is 10.6 Å². The third kappa shape index (κ3) is 4.59. The average Bonchev–Trinajstić information content (AvgIpc) is 2.62. The number of carbonyl (C=O) groups is 2. The minimum absolute atomic E-state index is 0.104. The molecule has 2 aromatic carbocycles. The predicted molar refractivity (Wildman–Crippen MR) is 108 cm³/mol. The zero-order chi connectivity index (χ0) is 20.3. The van der Waals surface area contributed by atoms with Crippen molar-refractivity contribution in [2.24, 2.45) is 0 Å². The molecular weight excluding hydrogens is 428 g/mol. The van der Waals surface area contributed by atoms with Gasteiger partial charge in [0.05, 0.1) is 10.6 Å². The first-order valence-corrected chi connectivity index (χ1v) is 8.97. The number of imide groups is 1. The minimum atomic E-state index is -0.982. The molecule has 3 rings (SSSR count). The lowest BCUT2D eigenvalue weighted by Crippen LogP contribution is -2.35. The SMILES string of the molecule is O=C(NC(=O)c1c(F)cccc1Cl)Nc1ccc(-c2ccc(Cl)cc2)c(Cl)n1. The second kappa shape index (κ2) is 8.56. The van der Waals surface area contributed by atoms with Crippen LogP contribution >= 0.6 is 34.8 Å². The predicted octanol–water partition coefficient (Wildman–Crippen LogP) is 5.81. The van der Waals surface area contributed by atoms with Gasteiger partial charge in [0.2, 0.25) is 0 Å². The van der Waals surface area contributed by atoms with Crippen LogP contribution in [0.3, 0.4) is 0 Å². The van der Waals surface area contributed by atoms with Crippen LogP contribution in [0.1, 0.15) is 10.4 Å². The summed E-state index contributed by atoms with van der Waals surface area (Å²) in [7, 11) is 0. The fourth-order valence-electron chi connectivity index (χ4n) is 2.38. The van der Waals surface area contributed by atoms with E-state index in [2.05, 4.69) is 10.3 Å². The van der Waals surface area contributed by atoms with Crippen LogP contribution in [0.5, 0.6) is 0 Å². The van der Waals surface area contributed by atoms with Crippen LogP contribution in [0.15, 0.2) is 54.6 Å². The first-order chi connectivity index (χ1) is 13.3. The fourth-order valence-corrected chi connectivity index (χ4v) is 3.01. The maximum Gasteiger partial charge on any atom is 0.327 e. The topological polar surface area (TPSA) is 71.1 Å². The Bertz CT molecular complexity index is 1040. The number of aromatic nitrogens is 1. The molecule has 1 aromatic heterocycles. The molecule has 3 amide bonds. The molecule has 0 saturated heterocycles. The number of nitrogens with one attached hydrogen (secondary N) is 2. The molecule has 0 fully saturated rings. The molecule has 0 aliphatic carbocycles. The van der Waals surface area contributed by atoms with E-state index in [1.807, 2.05) is 5.32 Å². The number of hydrogen-bond acceptors (Lipinski definition) is 3. The molecule has 0 bridgehead atoms. The molecule has 0 radical (unpaired) electrons. The number of urea groups is 1. The number of benzene rings is 2. The number of pyridine rings is 1. The number of amides is 3. The Morgan fingerprint density at radius 2 is 1.64 bits per heavy atom. The van der Waals surface area contributed by atoms with Gasteiger partial charge in [-0.2, -0.15) is 0 Å². The van der Waals surface area contributed by atoms with E-state index in [-0.39, 0.29) is 16.0 Å². The number of hydrogen-bond donors (Lipinski definition) is 2. The molecule has 0 saturated carbocycles. The molecule has 9 heteroatoms. The van der Waals surface area contributed by atoms with Crippen molar-refractivity contribution in [1.29, 1.82) is 0 Å². The van der Waals surface area contributed by atoms with Crippen molar-refractivity contribution < 1.29 is 14.0 Å². The van der Waals surface area contributed by atoms with Gasteiger partial charge in [0, 0.05) is 10.6 Å². The first-order valence-electron chi connectivity index (χ1n) is 7.84. The van der Waals surface area contributed by atoms with Crippen LogP contribution in [-0.4, -0.2) is 16.9 Å². The average molecular weight is 439 g/mol. The fraction of sp³-hybridized carbons (Fsp3) is 0. The van der Waals surface area contributed by atoms with Crippen LogP contribution in [0.25, 0.3) is 11.1 Å². The Labute approximate surface area is 174 Å². The summed E-state index contributed by atoms with van der Waals surface area (Å²) in [6.45, 7) is 0. The highest BCUT2D eigenvalue weighted by molar-refractivity contribution is 6.34. The number of halogens is 4. The van der Waals surface area contributed by atoms with Gasteiger partial charge in [0.15, 0.2) is 0 Å². The van der Waals surface area contributed by atoms with Gasteiger partial charge in [0.1, 0.15) is 16.8 Å². The zero-order valence-corrected chi connectivity index (χ0v) is 16.2. The molecule has 0 atom stereocenters. The molecule has 0 aliphatic heterocycles. The van der Waals surface area contributed by atoms with E-state index in [1.165, 1.54) is 18.2 Å². The molecular formula is C19H11Cl3FN3O2. The van der Waals surface area contributed by atoms with Crippen molar-refractivity contribution in [3.05, 3.63) is 81.2 Å². The van der Waals surface area contributed by atoms with Gasteiger partial charge < -0.3 is 0 Å². The summed E-state index contributed by atoms with van der Waals surface area (Å²) in [6.07, 6.45) is 0. The highest BCUT2D eigenvalue weighted by Gasteiger charge is 2.18. The van der Waals surface area contributed by atoms with Crippen molar-refractivity contribution in [1.82, 2.24) is 10.3 Å². The second-order valence-corrected chi connectivity index (χ2v) is 6.75. The van der Waals surface area contributed by atoms with E-state index in [1.54, 1.807) is 30.3 Å². The molecule has 0 spiro atoms. The summed E-state index contributed by atoms with van der Waals surface area (Å²) in [6, 6.07) is 13.0. The molecule has 3 aromatic rings. The van der Waals surface area contributed by atoms with Gasteiger partial charge in [-0.05, 0) is 42.0 Å². The molecule has 2 N–H and O–H groups in total. The van der Waals surface area contributed by atoms with Crippen molar-refractivity contribution in [3.8, 4) is 11.1 Å². The van der Waals surface area contributed by atoms with Gasteiger partial charge in [-0.15, -0.1) is 0 Å². The highest BCUT2D eigenvalue weighted by Crippen LogP contribution is 2.28. The highest BCUT2D eigenvalue weighted by atomic mass is 35.5. The summed E-state index contributed by atoms with van der Waals surface area (Å²) in [5.74, 6) is -1.72. The largest absolute Gasteiger partial charge is 0.327 e. The van der Waals surface area contributed by atoms with Crippen molar-refractivity contribution >= 4 is 52.6 Å². The van der Waals surface area contributed by atoms with Gasteiger partial charge in [-0.1, -0.05) is 53.0 Å². The van der Waals surface area contributed by atoms with Gasteiger partial charge >= 0.3 is 6.03 Å². The lowest BCUT2D eigenvalue weighted by atomic mass is 10.1. The van der Waals surface area contributed by atoms with Crippen LogP contribution < -0.4 is 10.6 Å². The van der Waals surface area contributed by atoms with Gasteiger partial charge in [-0.25, -0.2) is 14.2 Å². The molecule has 142 valence electrons. The lowest BCUT2D eigenvalue weighted by Gasteiger charge is -2.10. The Morgan fingerprint density at radius 3 is 2.29 bits per heavy atom. The smallest absolute Gasteiger partial charge is 0.292 e. The number of nitrogens with zero attached hydrogens (tertiary/aromatic N) is 1. The standard InChI is InChI=1S/C19H11Cl3FN3O2/c20-11-6-4-10(5-7-11)12-8-9-15(24-17(12)22)25-19(28)26-18(27)16-13(21)2-1-3-14(16)23/h1-9H,(H2,24,25,26,27,28). The van der Waals surface area contributed by atoms with E-state index >= 15 is 0 Å². The first kappa shape index (κ1) is 20.1. The van der Waals surface area contributed by atoms with Crippen LogP contribution in [0, 0.1) is 5.82 Å². The molecule has 0 aliphatic rings. The van der Waals surface area contributed by atoms with E-state index in [4.69, 9.17) is 34.8 Å². The normalized spacial score (nSPS) is 10.4. The summed E-state index contributed by atoms with van der Waals surface area (Å²) < 4.78 is 13.7. The van der Waals surface area contributed by atoms with Crippen molar-refractivity contribution in [3.63, 3.8) is 0 Å². The van der Waals surface area contributed by atoms with Crippen LogP contribution in [0.2, 0.25) is 15.2 Å². The maximum atomic E-state index is 13.7. The number of anilines is 1. The minimum Gasteiger partial charge on any atom is -0.292 e. The van der Waals surface area contributed by atoms with Crippen molar-refractivity contribution in [2.45, 2.75) is 0 Å². The Balaban J connectivity index is 1.71. The van der Waals surface area contributed by atoms with Crippen LogP contribution in [-0.2, 0) is 0 Å².